The molecule has 5 heteroatoms. The third kappa shape index (κ3) is 4.69. The van der Waals surface area contributed by atoms with Gasteiger partial charge in [-0.05, 0) is 25.3 Å². The molecule has 0 saturated carbocycles. The van der Waals surface area contributed by atoms with Crippen molar-refractivity contribution >= 4 is 6.03 Å². The van der Waals surface area contributed by atoms with Gasteiger partial charge in [0.1, 0.15) is 0 Å². The average Bonchev–Trinajstić information content (AvgIpc) is 3.08. The highest BCUT2D eigenvalue weighted by atomic mass is 16.5. The van der Waals surface area contributed by atoms with Gasteiger partial charge in [-0.2, -0.15) is 0 Å². The molecule has 0 bridgehead atoms. The van der Waals surface area contributed by atoms with E-state index in [9.17, 15) is 4.79 Å². The van der Waals surface area contributed by atoms with Crippen molar-refractivity contribution < 1.29 is 9.53 Å². The summed E-state index contributed by atoms with van der Waals surface area (Å²) in [5.41, 5.74) is 2.38. The predicted octanol–water partition coefficient (Wildman–Crippen LogP) is 2.00. The summed E-state index contributed by atoms with van der Waals surface area (Å²) in [6.45, 7) is 8.06. The van der Waals surface area contributed by atoms with Crippen LogP contribution in [0, 0.1) is 6.92 Å². The molecule has 1 unspecified atom stereocenters. The Kier molecular flexibility index (Phi) is 5.51. The molecule has 2 saturated heterocycles. The van der Waals surface area contributed by atoms with Gasteiger partial charge in [0.2, 0.25) is 0 Å². The number of carbonyl (C=O) groups is 1. The highest BCUT2D eigenvalue weighted by Crippen LogP contribution is 2.14. The maximum absolute atomic E-state index is 12.3. The normalized spacial score (nSPS) is 22.3. The molecule has 1 N–H and O–H groups in total. The highest BCUT2D eigenvalue weighted by Gasteiger charge is 2.24. The Bertz CT molecular complexity index is 504. The van der Waals surface area contributed by atoms with Crippen LogP contribution in [-0.4, -0.2) is 61.3 Å². The zero-order valence-electron chi connectivity index (χ0n) is 14.0. The number of amides is 2. The predicted molar refractivity (Wildman–Crippen MR) is 90.4 cm³/mol. The molecular weight excluding hydrogens is 290 g/mol. The molecule has 0 spiro atoms. The van der Waals surface area contributed by atoms with Crippen molar-refractivity contribution in [2.24, 2.45) is 0 Å². The number of benzene rings is 1. The molecule has 2 heterocycles. The standard InChI is InChI=1S/C18H27N3O2/c1-15-4-6-16(7-5-15)13-19-18(22)21-10-8-20(9-11-21)14-17-3-2-12-23-17/h4-7,17H,2-3,8-14H2,1H3,(H,19,22). The Hall–Kier alpha value is -1.59. The van der Waals surface area contributed by atoms with Gasteiger partial charge in [0.25, 0.3) is 0 Å². The van der Waals surface area contributed by atoms with E-state index in [2.05, 4.69) is 41.4 Å². The van der Waals surface area contributed by atoms with Crippen molar-refractivity contribution in [2.75, 3.05) is 39.3 Å². The van der Waals surface area contributed by atoms with Crippen LogP contribution >= 0.6 is 0 Å². The number of carbonyl (C=O) groups excluding carboxylic acids is 1. The zero-order valence-corrected chi connectivity index (χ0v) is 14.0. The minimum absolute atomic E-state index is 0.0438. The Balaban J connectivity index is 1.38. The smallest absolute Gasteiger partial charge is 0.317 e. The van der Waals surface area contributed by atoms with E-state index in [1.165, 1.54) is 18.4 Å². The van der Waals surface area contributed by atoms with E-state index in [-0.39, 0.29) is 6.03 Å². The van der Waals surface area contributed by atoms with Crippen molar-refractivity contribution in [3.05, 3.63) is 35.4 Å². The maximum Gasteiger partial charge on any atom is 0.317 e. The van der Waals surface area contributed by atoms with Gasteiger partial charge < -0.3 is 15.0 Å². The largest absolute Gasteiger partial charge is 0.377 e. The number of urea groups is 1. The van der Waals surface area contributed by atoms with E-state index < -0.39 is 0 Å². The third-order valence-electron chi connectivity index (χ3n) is 4.71. The molecule has 2 aliphatic rings. The Labute approximate surface area is 138 Å². The SMILES string of the molecule is Cc1ccc(CNC(=O)N2CCN(CC3CCCO3)CC2)cc1. The van der Waals surface area contributed by atoms with E-state index in [1.54, 1.807) is 0 Å². The molecule has 0 aromatic heterocycles. The van der Waals surface area contributed by atoms with Crippen LogP contribution in [-0.2, 0) is 11.3 Å². The van der Waals surface area contributed by atoms with E-state index in [0.29, 0.717) is 12.6 Å². The summed E-state index contributed by atoms with van der Waals surface area (Å²) in [6, 6.07) is 8.32. The van der Waals surface area contributed by atoms with Crippen molar-refractivity contribution in [3.8, 4) is 0 Å². The maximum atomic E-state index is 12.3. The van der Waals surface area contributed by atoms with Gasteiger partial charge in [-0.25, -0.2) is 4.79 Å². The van der Waals surface area contributed by atoms with Gasteiger partial charge in [-0.1, -0.05) is 29.8 Å². The second-order valence-electron chi connectivity index (χ2n) is 6.57. The molecule has 0 radical (unpaired) electrons. The van der Waals surface area contributed by atoms with Crippen LogP contribution in [0.1, 0.15) is 24.0 Å². The topological polar surface area (TPSA) is 44.8 Å². The van der Waals surface area contributed by atoms with Gasteiger partial charge >= 0.3 is 6.03 Å². The van der Waals surface area contributed by atoms with Gasteiger partial charge in [0.05, 0.1) is 6.10 Å². The minimum Gasteiger partial charge on any atom is -0.377 e. The molecular formula is C18H27N3O2. The minimum atomic E-state index is 0.0438. The third-order valence-corrected chi connectivity index (χ3v) is 4.71. The summed E-state index contributed by atoms with van der Waals surface area (Å²) in [5.74, 6) is 0. The number of hydrogen-bond donors (Lipinski definition) is 1. The lowest BCUT2D eigenvalue weighted by Crippen LogP contribution is -2.52. The summed E-state index contributed by atoms with van der Waals surface area (Å²) >= 11 is 0. The molecule has 0 aliphatic carbocycles. The first-order valence-corrected chi connectivity index (χ1v) is 8.63. The monoisotopic (exact) mass is 317 g/mol. The fraction of sp³-hybridized carbons (Fsp3) is 0.611. The Morgan fingerprint density at radius 1 is 1.22 bits per heavy atom. The first-order chi connectivity index (χ1) is 11.2. The fourth-order valence-electron chi connectivity index (χ4n) is 3.21. The van der Waals surface area contributed by atoms with Crippen molar-refractivity contribution in [1.82, 2.24) is 15.1 Å². The number of piperazine rings is 1. The summed E-state index contributed by atoms with van der Waals surface area (Å²) < 4.78 is 5.69. The number of ether oxygens (including phenoxy) is 1. The Morgan fingerprint density at radius 3 is 2.61 bits per heavy atom. The first kappa shape index (κ1) is 16.3. The van der Waals surface area contributed by atoms with Crippen LogP contribution in [0.5, 0.6) is 0 Å². The summed E-state index contributed by atoms with van der Waals surface area (Å²) in [6.07, 6.45) is 2.76. The summed E-state index contributed by atoms with van der Waals surface area (Å²) in [7, 11) is 0. The van der Waals surface area contributed by atoms with E-state index in [4.69, 9.17) is 4.74 Å². The average molecular weight is 317 g/mol. The van der Waals surface area contributed by atoms with Crippen LogP contribution in [0.4, 0.5) is 4.79 Å². The second-order valence-corrected chi connectivity index (χ2v) is 6.57. The van der Waals surface area contributed by atoms with Crippen molar-refractivity contribution in [2.45, 2.75) is 32.4 Å². The highest BCUT2D eigenvalue weighted by molar-refractivity contribution is 5.74. The van der Waals surface area contributed by atoms with Crippen LogP contribution in [0.15, 0.2) is 24.3 Å². The van der Waals surface area contributed by atoms with E-state index in [1.807, 2.05) is 4.90 Å². The molecule has 126 valence electrons. The molecule has 1 aromatic carbocycles. The van der Waals surface area contributed by atoms with Gasteiger partial charge in [-0.3, -0.25) is 4.90 Å². The lowest BCUT2D eigenvalue weighted by Gasteiger charge is -2.35. The van der Waals surface area contributed by atoms with Crippen LogP contribution in [0.3, 0.4) is 0 Å². The molecule has 1 atom stereocenters. The van der Waals surface area contributed by atoms with Gasteiger partial charge in [0.15, 0.2) is 0 Å². The number of aryl methyl sites for hydroxylation is 1. The van der Waals surface area contributed by atoms with Crippen molar-refractivity contribution in [1.29, 1.82) is 0 Å². The molecule has 1 aromatic rings. The molecule has 2 amide bonds. The van der Waals surface area contributed by atoms with Gasteiger partial charge in [0, 0.05) is 45.9 Å². The molecule has 3 rings (SSSR count). The van der Waals surface area contributed by atoms with Crippen molar-refractivity contribution in [3.63, 3.8) is 0 Å². The molecule has 2 fully saturated rings. The molecule has 2 aliphatic heterocycles. The van der Waals surface area contributed by atoms with E-state index in [0.717, 1.165) is 44.9 Å². The lowest BCUT2D eigenvalue weighted by atomic mass is 10.1. The number of nitrogens with zero attached hydrogens (tertiary/aromatic N) is 2. The zero-order chi connectivity index (χ0) is 16.1. The van der Waals surface area contributed by atoms with Crippen LogP contribution in [0.25, 0.3) is 0 Å². The fourth-order valence-corrected chi connectivity index (χ4v) is 3.21. The van der Waals surface area contributed by atoms with Crippen LogP contribution < -0.4 is 5.32 Å². The first-order valence-electron chi connectivity index (χ1n) is 8.63. The second kappa shape index (κ2) is 7.79. The number of hydrogen-bond acceptors (Lipinski definition) is 3. The summed E-state index contributed by atoms with van der Waals surface area (Å²) in [4.78, 5) is 16.6. The number of rotatable bonds is 4. The number of nitrogens with one attached hydrogen (secondary N) is 1. The quantitative estimate of drug-likeness (QED) is 0.924. The summed E-state index contributed by atoms with van der Waals surface area (Å²) in [5, 5.41) is 3.02. The van der Waals surface area contributed by atoms with Crippen LogP contribution in [0.2, 0.25) is 0 Å². The lowest BCUT2D eigenvalue weighted by molar-refractivity contribution is 0.0561. The Morgan fingerprint density at radius 2 is 1.96 bits per heavy atom. The van der Waals surface area contributed by atoms with Gasteiger partial charge in [-0.15, -0.1) is 0 Å². The van der Waals surface area contributed by atoms with E-state index >= 15 is 0 Å². The molecule has 5 nitrogen and oxygen atoms in total. The molecule has 23 heavy (non-hydrogen) atoms.